The summed E-state index contributed by atoms with van der Waals surface area (Å²) < 4.78 is 14.6. The number of hydrogen-bond donors (Lipinski definition) is 0. The summed E-state index contributed by atoms with van der Waals surface area (Å²) >= 11 is 0. The first-order valence-corrected chi connectivity index (χ1v) is 10.9. The summed E-state index contributed by atoms with van der Waals surface area (Å²) in [6, 6.07) is 14.1. The lowest BCUT2D eigenvalue weighted by atomic mass is 10.1. The molecule has 0 spiro atoms. The van der Waals surface area contributed by atoms with Crippen LogP contribution in [-0.4, -0.2) is 38.9 Å². The largest absolute Gasteiger partial charge is 0.495 e. The van der Waals surface area contributed by atoms with Crippen LogP contribution in [0.4, 0.5) is 0 Å². The molecule has 34 heavy (non-hydrogen) atoms. The van der Waals surface area contributed by atoms with Crippen molar-refractivity contribution in [3.63, 3.8) is 0 Å². The van der Waals surface area contributed by atoms with Crippen molar-refractivity contribution in [3.05, 3.63) is 86.8 Å². The van der Waals surface area contributed by atoms with Gasteiger partial charge in [-0.2, -0.15) is 0 Å². The average molecular weight is 463 g/mol. The fourth-order valence-corrected chi connectivity index (χ4v) is 3.97. The SMILES string of the molecule is COC(=O)c1cccc(Cn2cnc3c2c(=O)n(CC(C)C)c(=O)n3-c2ccccc2OC)c1. The van der Waals surface area contributed by atoms with Crippen molar-refractivity contribution in [2.24, 2.45) is 5.92 Å². The molecule has 0 aliphatic carbocycles. The maximum absolute atomic E-state index is 13.5. The van der Waals surface area contributed by atoms with Crippen molar-refractivity contribution in [2.75, 3.05) is 14.2 Å². The summed E-state index contributed by atoms with van der Waals surface area (Å²) in [6.45, 7) is 4.42. The molecule has 0 saturated carbocycles. The van der Waals surface area contributed by atoms with Gasteiger partial charge in [-0.25, -0.2) is 19.1 Å². The number of methoxy groups -OCH3 is 2. The lowest BCUT2D eigenvalue weighted by molar-refractivity contribution is 0.0600. The maximum Gasteiger partial charge on any atom is 0.337 e. The number of aromatic nitrogens is 4. The summed E-state index contributed by atoms with van der Waals surface area (Å²) in [5.41, 5.74) is 1.32. The number of imidazole rings is 1. The molecule has 0 unspecified atom stereocenters. The van der Waals surface area contributed by atoms with Gasteiger partial charge in [0.25, 0.3) is 5.56 Å². The van der Waals surface area contributed by atoms with Crippen LogP contribution < -0.4 is 16.0 Å². The molecule has 4 aromatic rings. The van der Waals surface area contributed by atoms with E-state index in [1.807, 2.05) is 26.0 Å². The van der Waals surface area contributed by atoms with E-state index < -0.39 is 17.2 Å². The normalized spacial score (nSPS) is 11.2. The summed E-state index contributed by atoms with van der Waals surface area (Å²) in [6.07, 6.45) is 1.53. The molecule has 9 heteroatoms. The Labute approximate surface area is 195 Å². The minimum atomic E-state index is -0.478. The number of nitrogens with zero attached hydrogens (tertiary/aromatic N) is 4. The predicted octanol–water partition coefficient (Wildman–Crippen LogP) is 2.85. The molecule has 2 heterocycles. The van der Waals surface area contributed by atoms with E-state index in [9.17, 15) is 14.4 Å². The minimum Gasteiger partial charge on any atom is -0.495 e. The zero-order chi connectivity index (χ0) is 24.4. The van der Waals surface area contributed by atoms with Crippen LogP contribution in [0.3, 0.4) is 0 Å². The van der Waals surface area contributed by atoms with Crippen LogP contribution in [0.25, 0.3) is 16.9 Å². The summed E-state index contributed by atoms with van der Waals surface area (Å²) in [4.78, 5) is 43.4. The molecule has 0 amide bonds. The maximum atomic E-state index is 13.5. The molecule has 0 N–H and O–H groups in total. The van der Waals surface area contributed by atoms with Gasteiger partial charge in [0, 0.05) is 13.1 Å². The summed E-state index contributed by atoms with van der Waals surface area (Å²) in [5.74, 6) is 0.115. The van der Waals surface area contributed by atoms with Crippen molar-refractivity contribution < 1.29 is 14.3 Å². The van der Waals surface area contributed by atoms with Crippen LogP contribution >= 0.6 is 0 Å². The topological polar surface area (TPSA) is 97.4 Å². The Kier molecular flexibility index (Phi) is 6.36. The van der Waals surface area contributed by atoms with Crippen molar-refractivity contribution >= 4 is 17.1 Å². The van der Waals surface area contributed by atoms with E-state index in [1.165, 1.54) is 29.7 Å². The van der Waals surface area contributed by atoms with Gasteiger partial charge >= 0.3 is 11.7 Å². The molecule has 0 saturated heterocycles. The molecule has 0 aliphatic heterocycles. The lowest BCUT2D eigenvalue weighted by Gasteiger charge is -2.16. The molecule has 9 nitrogen and oxygen atoms in total. The van der Waals surface area contributed by atoms with Crippen molar-refractivity contribution in [3.8, 4) is 11.4 Å². The molecule has 2 aromatic carbocycles. The molecule has 0 bridgehead atoms. The van der Waals surface area contributed by atoms with Crippen molar-refractivity contribution in [2.45, 2.75) is 26.9 Å². The zero-order valence-corrected chi connectivity index (χ0v) is 19.5. The Morgan fingerprint density at radius 1 is 1.06 bits per heavy atom. The Morgan fingerprint density at radius 2 is 1.82 bits per heavy atom. The number of carbonyl (C=O) groups excluding carboxylic acids is 1. The minimum absolute atomic E-state index is 0.0714. The van der Waals surface area contributed by atoms with Gasteiger partial charge in [0.2, 0.25) is 0 Å². The molecule has 0 fully saturated rings. The Bertz CT molecular complexity index is 1480. The first-order chi connectivity index (χ1) is 16.3. The molecule has 176 valence electrons. The quantitative estimate of drug-likeness (QED) is 0.392. The standard InChI is InChI=1S/C25H26N4O5/c1-16(2)13-28-23(30)21-22(29(25(28)32)19-10-5-6-11-20(19)33-3)26-15-27(21)14-17-8-7-9-18(12-17)24(31)34-4/h5-12,15-16H,13-14H2,1-4H3. The molecular weight excluding hydrogens is 436 g/mol. The fourth-order valence-electron chi connectivity index (χ4n) is 3.97. The van der Waals surface area contributed by atoms with Crippen LogP contribution in [0.15, 0.2) is 64.4 Å². The third kappa shape index (κ3) is 4.12. The van der Waals surface area contributed by atoms with Gasteiger partial charge in [0.1, 0.15) is 5.75 Å². The Balaban J connectivity index is 1.96. The number of carbonyl (C=O) groups is 1. The van der Waals surface area contributed by atoms with Crippen molar-refractivity contribution in [1.82, 2.24) is 18.7 Å². The van der Waals surface area contributed by atoms with Crippen LogP contribution in [0.2, 0.25) is 0 Å². The van der Waals surface area contributed by atoms with E-state index in [0.717, 1.165) is 5.56 Å². The number of hydrogen-bond acceptors (Lipinski definition) is 6. The highest BCUT2D eigenvalue weighted by molar-refractivity contribution is 5.89. The van der Waals surface area contributed by atoms with Gasteiger partial charge in [0.05, 0.1) is 31.8 Å². The average Bonchev–Trinajstić information content (AvgIpc) is 3.24. The molecular formula is C25H26N4O5. The van der Waals surface area contributed by atoms with Gasteiger partial charge in [0.15, 0.2) is 11.2 Å². The highest BCUT2D eigenvalue weighted by Gasteiger charge is 2.21. The molecule has 0 atom stereocenters. The zero-order valence-electron chi connectivity index (χ0n) is 19.5. The first kappa shape index (κ1) is 23.0. The summed E-state index contributed by atoms with van der Waals surface area (Å²) in [7, 11) is 2.85. The number of para-hydroxylation sites is 2. The smallest absolute Gasteiger partial charge is 0.337 e. The monoisotopic (exact) mass is 462 g/mol. The van der Waals surface area contributed by atoms with E-state index in [-0.39, 0.29) is 30.2 Å². The molecule has 0 aliphatic rings. The van der Waals surface area contributed by atoms with E-state index in [2.05, 4.69) is 4.98 Å². The molecule has 4 rings (SSSR count). The Hall–Kier alpha value is -4.14. The number of fused-ring (bicyclic) bond motifs is 1. The summed E-state index contributed by atoms with van der Waals surface area (Å²) in [5, 5.41) is 0. The number of esters is 1. The predicted molar refractivity (Wildman–Crippen MR) is 128 cm³/mol. The highest BCUT2D eigenvalue weighted by Crippen LogP contribution is 2.23. The van der Waals surface area contributed by atoms with E-state index in [4.69, 9.17) is 9.47 Å². The third-order valence-electron chi connectivity index (χ3n) is 5.47. The number of rotatable bonds is 7. The Morgan fingerprint density at radius 3 is 2.53 bits per heavy atom. The first-order valence-electron chi connectivity index (χ1n) is 10.9. The molecule has 2 aromatic heterocycles. The van der Waals surface area contributed by atoms with Crippen LogP contribution in [-0.2, 0) is 17.8 Å². The van der Waals surface area contributed by atoms with E-state index in [0.29, 0.717) is 17.0 Å². The third-order valence-corrected chi connectivity index (χ3v) is 5.47. The molecule has 0 radical (unpaired) electrons. The second-order valence-corrected chi connectivity index (χ2v) is 8.34. The van der Waals surface area contributed by atoms with Crippen LogP contribution in [0.5, 0.6) is 5.75 Å². The van der Waals surface area contributed by atoms with Gasteiger partial charge in [-0.15, -0.1) is 0 Å². The van der Waals surface area contributed by atoms with Crippen LogP contribution in [0, 0.1) is 5.92 Å². The number of ether oxygens (including phenoxy) is 2. The van der Waals surface area contributed by atoms with Gasteiger partial charge in [-0.05, 0) is 35.7 Å². The second-order valence-electron chi connectivity index (χ2n) is 8.34. The van der Waals surface area contributed by atoms with Crippen LogP contribution in [0.1, 0.15) is 29.8 Å². The lowest BCUT2D eigenvalue weighted by Crippen LogP contribution is -2.41. The van der Waals surface area contributed by atoms with Gasteiger partial charge in [-0.3, -0.25) is 9.36 Å². The van der Waals surface area contributed by atoms with E-state index in [1.54, 1.807) is 41.0 Å². The number of benzene rings is 2. The van der Waals surface area contributed by atoms with Gasteiger partial charge in [-0.1, -0.05) is 38.1 Å². The van der Waals surface area contributed by atoms with Gasteiger partial charge < -0.3 is 14.0 Å². The second kappa shape index (κ2) is 9.38. The fraction of sp³-hybridized carbons (Fsp3) is 0.280. The highest BCUT2D eigenvalue weighted by atomic mass is 16.5. The van der Waals surface area contributed by atoms with E-state index >= 15 is 0 Å². The van der Waals surface area contributed by atoms with Crippen molar-refractivity contribution in [1.29, 1.82) is 0 Å².